The van der Waals surface area contributed by atoms with Gasteiger partial charge in [-0.1, -0.05) is 23.2 Å². The molecular weight excluding hydrogens is 288 g/mol. The van der Waals surface area contributed by atoms with Gasteiger partial charge in [0.25, 0.3) is 0 Å². The molecule has 1 aromatic heterocycles. The van der Waals surface area contributed by atoms with Crippen LogP contribution in [0.2, 0.25) is 10.0 Å². The van der Waals surface area contributed by atoms with E-state index < -0.39 is 5.82 Å². The molecule has 0 radical (unpaired) electrons. The number of halogens is 3. The smallest absolute Gasteiger partial charge is 0.160 e. The third kappa shape index (κ3) is 3.39. The number of hydrogen-bond acceptors (Lipinski definition) is 2. The highest BCUT2D eigenvalue weighted by molar-refractivity contribution is 6.35. The molecule has 1 heterocycles. The lowest BCUT2D eigenvalue weighted by molar-refractivity contribution is 0.532. The van der Waals surface area contributed by atoms with Crippen LogP contribution in [-0.2, 0) is 6.54 Å². The van der Waals surface area contributed by atoms with Crippen LogP contribution in [0.15, 0.2) is 24.5 Å². The summed E-state index contributed by atoms with van der Waals surface area (Å²) >= 11 is 11.5. The largest absolute Gasteiger partial charge is 0.381 e. The number of nitrogens with zero attached hydrogens (tertiary/aromatic N) is 2. The first-order valence-electron chi connectivity index (χ1n) is 5.89. The normalized spacial score (nSPS) is 11.1. The van der Waals surface area contributed by atoms with Crippen LogP contribution in [0.25, 0.3) is 0 Å². The molecule has 102 valence electrons. The summed E-state index contributed by atoms with van der Waals surface area (Å²) in [5.41, 5.74) is 1.71. The predicted octanol–water partition coefficient (Wildman–Crippen LogP) is 4.52. The molecule has 0 aliphatic heterocycles. The monoisotopic (exact) mass is 301 g/mol. The van der Waals surface area contributed by atoms with Crippen LogP contribution in [0.5, 0.6) is 0 Å². The van der Waals surface area contributed by atoms with Gasteiger partial charge in [-0.3, -0.25) is 4.68 Å². The third-order valence-electron chi connectivity index (χ3n) is 2.66. The highest BCUT2D eigenvalue weighted by Gasteiger charge is 2.08. The van der Waals surface area contributed by atoms with Gasteiger partial charge in [-0.2, -0.15) is 5.10 Å². The standard InChI is InChI=1S/C13H14Cl2FN3/c1-8(2)19-7-9(6-18-19)5-17-10-3-11(14)13(16)12(15)4-10/h3-4,6-8,17H,5H2,1-2H3. The molecular formula is C13H14Cl2FN3. The average molecular weight is 302 g/mol. The Morgan fingerprint density at radius 2 is 1.95 bits per heavy atom. The van der Waals surface area contributed by atoms with Crippen LogP contribution in [0.3, 0.4) is 0 Å². The van der Waals surface area contributed by atoms with E-state index >= 15 is 0 Å². The van der Waals surface area contributed by atoms with Crippen LogP contribution >= 0.6 is 23.2 Å². The Morgan fingerprint density at radius 3 is 2.47 bits per heavy atom. The number of nitrogens with one attached hydrogen (secondary N) is 1. The maximum Gasteiger partial charge on any atom is 0.160 e. The fourth-order valence-electron chi connectivity index (χ4n) is 1.61. The molecule has 2 aromatic rings. The van der Waals surface area contributed by atoms with Crippen LogP contribution in [-0.4, -0.2) is 9.78 Å². The first-order valence-corrected chi connectivity index (χ1v) is 6.64. The van der Waals surface area contributed by atoms with Gasteiger partial charge in [0.15, 0.2) is 5.82 Å². The van der Waals surface area contributed by atoms with E-state index in [4.69, 9.17) is 23.2 Å². The van der Waals surface area contributed by atoms with Gasteiger partial charge in [-0.25, -0.2) is 4.39 Å². The van der Waals surface area contributed by atoms with Gasteiger partial charge >= 0.3 is 0 Å². The maximum absolute atomic E-state index is 13.3. The average Bonchev–Trinajstić information content (AvgIpc) is 2.82. The maximum atomic E-state index is 13.3. The second-order valence-corrected chi connectivity index (χ2v) is 5.34. The van der Waals surface area contributed by atoms with Gasteiger partial charge < -0.3 is 5.32 Å². The molecule has 0 fully saturated rings. The van der Waals surface area contributed by atoms with Crippen LogP contribution < -0.4 is 5.32 Å². The Hall–Kier alpha value is -1.26. The minimum absolute atomic E-state index is 0.00729. The van der Waals surface area contributed by atoms with Crippen molar-refractivity contribution >= 4 is 28.9 Å². The fraction of sp³-hybridized carbons (Fsp3) is 0.308. The molecule has 1 N–H and O–H groups in total. The fourth-order valence-corrected chi connectivity index (χ4v) is 2.10. The first-order chi connectivity index (χ1) is 8.97. The van der Waals surface area contributed by atoms with Crippen molar-refractivity contribution < 1.29 is 4.39 Å². The van der Waals surface area contributed by atoms with Gasteiger partial charge in [0, 0.05) is 30.0 Å². The Bertz CT molecular complexity index is 558. The Labute approximate surface area is 121 Å². The van der Waals surface area contributed by atoms with Crippen LogP contribution in [0.4, 0.5) is 10.1 Å². The first kappa shape index (κ1) is 14.2. The highest BCUT2D eigenvalue weighted by Crippen LogP contribution is 2.27. The molecule has 2 rings (SSSR count). The summed E-state index contributed by atoms with van der Waals surface area (Å²) in [4.78, 5) is 0. The van der Waals surface area contributed by atoms with E-state index in [9.17, 15) is 4.39 Å². The molecule has 0 unspecified atom stereocenters. The molecule has 6 heteroatoms. The lowest BCUT2D eigenvalue weighted by Crippen LogP contribution is -2.01. The summed E-state index contributed by atoms with van der Waals surface area (Å²) in [6, 6.07) is 3.34. The zero-order chi connectivity index (χ0) is 14.0. The Morgan fingerprint density at radius 1 is 1.32 bits per heavy atom. The summed E-state index contributed by atoms with van der Waals surface area (Å²) in [6.45, 7) is 4.69. The van der Waals surface area contributed by atoms with Crippen molar-refractivity contribution in [2.24, 2.45) is 0 Å². The van der Waals surface area contributed by atoms with Crippen molar-refractivity contribution in [3.8, 4) is 0 Å². The lowest BCUT2D eigenvalue weighted by Gasteiger charge is -2.07. The summed E-state index contributed by atoms with van der Waals surface area (Å²) in [6.07, 6.45) is 3.75. The van der Waals surface area contributed by atoms with E-state index in [1.807, 2.05) is 10.9 Å². The van der Waals surface area contributed by atoms with Crippen molar-refractivity contribution in [3.63, 3.8) is 0 Å². The van der Waals surface area contributed by atoms with E-state index in [2.05, 4.69) is 24.3 Å². The topological polar surface area (TPSA) is 29.9 Å². The molecule has 0 atom stereocenters. The molecule has 0 aliphatic rings. The quantitative estimate of drug-likeness (QED) is 0.841. The van der Waals surface area contributed by atoms with Gasteiger partial charge in [-0.05, 0) is 26.0 Å². The number of anilines is 1. The molecule has 19 heavy (non-hydrogen) atoms. The van der Waals surface area contributed by atoms with E-state index in [1.54, 1.807) is 6.20 Å². The number of rotatable bonds is 4. The SMILES string of the molecule is CC(C)n1cc(CNc2cc(Cl)c(F)c(Cl)c2)cn1. The molecule has 0 saturated carbocycles. The Kier molecular flexibility index (Phi) is 4.32. The number of hydrogen-bond donors (Lipinski definition) is 1. The van der Waals surface area contributed by atoms with Crippen molar-refractivity contribution in [2.45, 2.75) is 26.4 Å². The van der Waals surface area contributed by atoms with Gasteiger partial charge in [-0.15, -0.1) is 0 Å². The minimum atomic E-state index is -0.596. The van der Waals surface area contributed by atoms with E-state index in [0.29, 0.717) is 18.3 Å². The summed E-state index contributed by atoms with van der Waals surface area (Å²) in [5, 5.41) is 7.39. The summed E-state index contributed by atoms with van der Waals surface area (Å²) in [5.74, 6) is -0.596. The summed E-state index contributed by atoms with van der Waals surface area (Å²) < 4.78 is 15.1. The molecule has 0 spiro atoms. The second-order valence-electron chi connectivity index (χ2n) is 4.53. The molecule has 0 bridgehead atoms. The predicted molar refractivity (Wildman–Crippen MR) is 76.4 cm³/mol. The highest BCUT2D eigenvalue weighted by atomic mass is 35.5. The molecule has 0 saturated heterocycles. The van der Waals surface area contributed by atoms with E-state index in [-0.39, 0.29) is 10.0 Å². The zero-order valence-electron chi connectivity index (χ0n) is 10.6. The molecule has 3 nitrogen and oxygen atoms in total. The van der Waals surface area contributed by atoms with Crippen molar-refractivity contribution in [3.05, 3.63) is 46.0 Å². The van der Waals surface area contributed by atoms with Gasteiger partial charge in [0.1, 0.15) is 0 Å². The zero-order valence-corrected chi connectivity index (χ0v) is 12.1. The minimum Gasteiger partial charge on any atom is -0.381 e. The molecule has 0 aliphatic carbocycles. The van der Waals surface area contributed by atoms with Crippen LogP contribution in [0.1, 0.15) is 25.5 Å². The Balaban J connectivity index is 2.06. The van der Waals surface area contributed by atoms with E-state index in [1.165, 1.54) is 12.1 Å². The van der Waals surface area contributed by atoms with Crippen molar-refractivity contribution in [1.29, 1.82) is 0 Å². The molecule has 0 amide bonds. The van der Waals surface area contributed by atoms with E-state index in [0.717, 1.165) is 5.56 Å². The van der Waals surface area contributed by atoms with Gasteiger partial charge in [0.05, 0.1) is 16.2 Å². The number of aromatic nitrogens is 2. The van der Waals surface area contributed by atoms with Gasteiger partial charge in [0.2, 0.25) is 0 Å². The van der Waals surface area contributed by atoms with Crippen LogP contribution in [0, 0.1) is 5.82 Å². The molecule has 1 aromatic carbocycles. The third-order valence-corrected chi connectivity index (χ3v) is 3.21. The van der Waals surface area contributed by atoms with Crippen molar-refractivity contribution in [1.82, 2.24) is 9.78 Å². The second kappa shape index (κ2) is 5.80. The van der Waals surface area contributed by atoms with Crippen molar-refractivity contribution in [2.75, 3.05) is 5.32 Å². The number of benzene rings is 1. The summed E-state index contributed by atoms with van der Waals surface area (Å²) in [7, 11) is 0. The lowest BCUT2D eigenvalue weighted by atomic mass is 10.3.